The largest absolute Gasteiger partial charge is 0.354 e. The van der Waals surface area contributed by atoms with E-state index < -0.39 is 6.04 Å². The van der Waals surface area contributed by atoms with Gasteiger partial charge in [0, 0.05) is 37.5 Å². The maximum atomic E-state index is 12.3. The van der Waals surface area contributed by atoms with E-state index in [-0.39, 0.29) is 11.8 Å². The molecule has 29 heavy (non-hydrogen) atoms. The summed E-state index contributed by atoms with van der Waals surface area (Å²) in [4.78, 5) is 29.0. The Kier molecular flexibility index (Phi) is 6.79. The fourth-order valence-corrected chi connectivity index (χ4v) is 3.07. The van der Waals surface area contributed by atoms with Crippen LogP contribution in [0.3, 0.4) is 0 Å². The Morgan fingerprint density at radius 2 is 1.90 bits per heavy atom. The maximum absolute atomic E-state index is 12.3. The number of aryl methyl sites for hydroxylation is 1. The highest BCUT2D eigenvalue weighted by atomic mass is 16.2. The lowest BCUT2D eigenvalue weighted by atomic mass is 10.1. The molecule has 6 nitrogen and oxygen atoms in total. The first-order valence-corrected chi connectivity index (χ1v) is 9.72. The van der Waals surface area contributed by atoms with E-state index in [9.17, 15) is 9.59 Å². The van der Waals surface area contributed by atoms with Gasteiger partial charge in [0.15, 0.2) is 0 Å². The maximum Gasteiger partial charge on any atom is 0.251 e. The molecule has 3 aromatic rings. The number of hydrogen-bond acceptors (Lipinski definition) is 3. The summed E-state index contributed by atoms with van der Waals surface area (Å²) in [6.45, 7) is 4.80. The number of amides is 2. The van der Waals surface area contributed by atoms with Crippen LogP contribution in [0.2, 0.25) is 0 Å². The first-order chi connectivity index (χ1) is 14.0. The Morgan fingerprint density at radius 3 is 2.66 bits per heavy atom. The molecule has 0 bridgehead atoms. The molecule has 1 aromatic heterocycles. The van der Waals surface area contributed by atoms with E-state index in [1.807, 2.05) is 43.5 Å². The number of imidazole rings is 1. The van der Waals surface area contributed by atoms with Gasteiger partial charge in [-0.25, -0.2) is 4.98 Å². The number of nitrogens with zero attached hydrogens (tertiary/aromatic N) is 2. The van der Waals surface area contributed by atoms with Gasteiger partial charge in [-0.2, -0.15) is 0 Å². The lowest BCUT2D eigenvalue weighted by molar-refractivity contribution is -0.122. The average molecular weight is 390 g/mol. The summed E-state index contributed by atoms with van der Waals surface area (Å²) in [6, 6.07) is 16.8. The van der Waals surface area contributed by atoms with E-state index >= 15 is 0 Å². The van der Waals surface area contributed by atoms with Crippen LogP contribution in [-0.2, 0) is 17.8 Å². The van der Waals surface area contributed by atoms with E-state index in [0.717, 1.165) is 17.9 Å². The van der Waals surface area contributed by atoms with Crippen LogP contribution in [0.1, 0.15) is 34.2 Å². The van der Waals surface area contributed by atoms with E-state index in [4.69, 9.17) is 0 Å². The minimum atomic E-state index is -0.618. The predicted molar refractivity (Wildman–Crippen MR) is 113 cm³/mol. The number of hydrogen-bond donors (Lipinski definition) is 2. The van der Waals surface area contributed by atoms with Crippen LogP contribution in [0.25, 0.3) is 0 Å². The number of carbonyl (C=O) groups excluding carboxylic acids is 2. The van der Waals surface area contributed by atoms with Crippen molar-refractivity contribution in [3.63, 3.8) is 0 Å². The summed E-state index contributed by atoms with van der Waals surface area (Å²) >= 11 is 0. The summed E-state index contributed by atoms with van der Waals surface area (Å²) < 4.78 is 2.07. The van der Waals surface area contributed by atoms with Crippen molar-refractivity contribution in [3.8, 4) is 0 Å². The summed E-state index contributed by atoms with van der Waals surface area (Å²) in [5.74, 6) is 0.438. The van der Waals surface area contributed by atoms with Gasteiger partial charge in [0.1, 0.15) is 11.9 Å². The molecule has 6 heteroatoms. The molecule has 1 atom stereocenters. The highest BCUT2D eigenvalue weighted by Crippen LogP contribution is 2.06. The predicted octanol–water partition coefficient (Wildman–Crippen LogP) is 2.72. The average Bonchev–Trinajstić information content (AvgIpc) is 3.15. The lowest BCUT2D eigenvalue weighted by Crippen LogP contribution is -2.45. The third kappa shape index (κ3) is 5.78. The van der Waals surface area contributed by atoms with Gasteiger partial charge >= 0.3 is 0 Å². The van der Waals surface area contributed by atoms with Crippen LogP contribution in [-0.4, -0.2) is 34.0 Å². The summed E-state index contributed by atoms with van der Waals surface area (Å²) in [6.07, 6.45) is 4.32. The van der Waals surface area contributed by atoms with Gasteiger partial charge in [-0.15, -0.1) is 0 Å². The third-order valence-corrected chi connectivity index (χ3v) is 4.67. The fourth-order valence-electron chi connectivity index (χ4n) is 3.07. The van der Waals surface area contributed by atoms with Crippen molar-refractivity contribution in [1.82, 2.24) is 20.2 Å². The number of rotatable bonds is 8. The van der Waals surface area contributed by atoms with Crippen LogP contribution >= 0.6 is 0 Å². The Bertz CT molecular complexity index is 966. The molecule has 0 radical (unpaired) electrons. The summed E-state index contributed by atoms with van der Waals surface area (Å²) in [5.41, 5.74) is 2.75. The second-order valence-electron chi connectivity index (χ2n) is 7.06. The van der Waals surface area contributed by atoms with Gasteiger partial charge in [0.25, 0.3) is 5.91 Å². The number of benzene rings is 2. The molecule has 1 unspecified atom stereocenters. The SMILES string of the molecule is Cc1cccc(C(=O)NC(C)C(=O)NCCc2nccn2Cc2ccccc2)c1. The molecule has 2 aromatic carbocycles. The molecule has 0 saturated carbocycles. The van der Waals surface area contributed by atoms with Crippen molar-refractivity contribution >= 4 is 11.8 Å². The van der Waals surface area contributed by atoms with E-state index in [1.54, 1.807) is 25.3 Å². The van der Waals surface area contributed by atoms with Crippen LogP contribution in [0, 0.1) is 6.92 Å². The molecule has 2 amide bonds. The Hall–Kier alpha value is -3.41. The van der Waals surface area contributed by atoms with Crippen molar-refractivity contribution in [2.45, 2.75) is 32.9 Å². The zero-order valence-corrected chi connectivity index (χ0v) is 16.8. The quantitative estimate of drug-likeness (QED) is 0.621. The van der Waals surface area contributed by atoms with Gasteiger partial charge in [-0.1, -0.05) is 48.0 Å². The second kappa shape index (κ2) is 9.68. The summed E-state index contributed by atoms with van der Waals surface area (Å²) in [5, 5.41) is 5.61. The molecule has 2 N–H and O–H groups in total. The van der Waals surface area contributed by atoms with Crippen molar-refractivity contribution < 1.29 is 9.59 Å². The van der Waals surface area contributed by atoms with Crippen LogP contribution < -0.4 is 10.6 Å². The Labute approximate surface area is 171 Å². The number of nitrogens with one attached hydrogen (secondary N) is 2. The Morgan fingerprint density at radius 1 is 1.10 bits per heavy atom. The minimum absolute atomic E-state index is 0.216. The van der Waals surface area contributed by atoms with Gasteiger partial charge in [0.05, 0.1) is 0 Å². The van der Waals surface area contributed by atoms with Crippen molar-refractivity contribution in [2.24, 2.45) is 0 Å². The zero-order valence-electron chi connectivity index (χ0n) is 16.8. The van der Waals surface area contributed by atoms with E-state index in [2.05, 4.69) is 32.3 Å². The van der Waals surface area contributed by atoms with E-state index in [1.165, 1.54) is 5.56 Å². The van der Waals surface area contributed by atoms with Gasteiger partial charge in [-0.3, -0.25) is 9.59 Å². The van der Waals surface area contributed by atoms with Crippen molar-refractivity contribution in [3.05, 3.63) is 89.5 Å². The molecule has 150 valence electrons. The number of carbonyl (C=O) groups is 2. The molecule has 0 fully saturated rings. The lowest BCUT2D eigenvalue weighted by Gasteiger charge is -2.15. The zero-order chi connectivity index (χ0) is 20.6. The standard InChI is InChI=1S/C23H26N4O2/c1-17-7-6-10-20(15-17)23(29)26-18(2)22(28)25-12-11-21-24-13-14-27(21)16-19-8-4-3-5-9-19/h3-10,13-15,18H,11-12,16H2,1-2H3,(H,25,28)(H,26,29). The van der Waals surface area contributed by atoms with E-state index in [0.29, 0.717) is 18.5 Å². The molecular formula is C23H26N4O2. The molecular weight excluding hydrogens is 364 g/mol. The Balaban J connectivity index is 1.47. The monoisotopic (exact) mass is 390 g/mol. The van der Waals surface area contributed by atoms with Crippen LogP contribution in [0.15, 0.2) is 67.0 Å². The van der Waals surface area contributed by atoms with Crippen LogP contribution in [0.4, 0.5) is 0 Å². The molecule has 3 rings (SSSR count). The van der Waals surface area contributed by atoms with Crippen molar-refractivity contribution in [2.75, 3.05) is 6.54 Å². The molecule has 1 heterocycles. The highest BCUT2D eigenvalue weighted by molar-refractivity contribution is 5.97. The molecule has 0 spiro atoms. The minimum Gasteiger partial charge on any atom is -0.354 e. The summed E-state index contributed by atoms with van der Waals surface area (Å²) in [7, 11) is 0. The van der Waals surface area contributed by atoms with Gasteiger partial charge < -0.3 is 15.2 Å². The topological polar surface area (TPSA) is 76.0 Å². The van der Waals surface area contributed by atoms with Gasteiger partial charge in [0.2, 0.25) is 5.91 Å². The normalized spacial score (nSPS) is 11.7. The first-order valence-electron chi connectivity index (χ1n) is 9.72. The molecule has 0 saturated heterocycles. The van der Waals surface area contributed by atoms with Crippen LogP contribution in [0.5, 0.6) is 0 Å². The van der Waals surface area contributed by atoms with Crippen molar-refractivity contribution in [1.29, 1.82) is 0 Å². The highest BCUT2D eigenvalue weighted by Gasteiger charge is 2.16. The third-order valence-electron chi connectivity index (χ3n) is 4.67. The molecule has 0 aliphatic rings. The second-order valence-corrected chi connectivity index (χ2v) is 7.06. The first kappa shape index (κ1) is 20.3. The smallest absolute Gasteiger partial charge is 0.251 e. The molecule has 0 aliphatic carbocycles. The van der Waals surface area contributed by atoms with Gasteiger partial charge in [-0.05, 0) is 31.5 Å². The fraction of sp³-hybridized carbons (Fsp3) is 0.261. The molecule has 0 aliphatic heterocycles. The number of aromatic nitrogens is 2.